The van der Waals surface area contributed by atoms with Crippen LogP contribution in [0.2, 0.25) is 0 Å². The number of hydrogen-bond donors (Lipinski definition) is 2. The maximum atomic E-state index is 11.8. The van der Waals surface area contributed by atoms with Gasteiger partial charge in [0.1, 0.15) is 0 Å². The van der Waals surface area contributed by atoms with E-state index < -0.39 is 0 Å². The summed E-state index contributed by atoms with van der Waals surface area (Å²) in [6, 6.07) is 8.23. The molecule has 1 atom stereocenters. The number of carbonyl (C=O) groups is 1. The summed E-state index contributed by atoms with van der Waals surface area (Å²) in [6.45, 7) is 3.85. The van der Waals surface area contributed by atoms with Gasteiger partial charge in [0.2, 0.25) is 5.91 Å². The van der Waals surface area contributed by atoms with E-state index >= 15 is 0 Å². The second-order valence-corrected chi connectivity index (χ2v) is 5.64. The lowest BCUT2D eigenvalue weighted by molar-refractivity contribution is -0.120. The number of carbonyl (C=O) groups excluding carboxylic acids is 1. The fourth-order valence-electron chi connectivity index (χ4n) is 1.61. The van der Waals surface area contributed by atoms with Gasteiger partial charge in [0.15, 0.2) is 0 Å². The second kappa shape index (κ2) is 8.96. The van der Waals surface area contributed by atoms with Crippen LogP contribution < -0.4 is 10.6 Å². The smallest absolute Gasteiger partial charge is 0.233 e. The molecule has 1 aromatic carbocycles. The van der Waals surface area contributed by atoms with E-state index in [-0.39, 0.29) is 11.2 Å². The lowest BCUT2D eigenvalue weighted by Crippen LogP contribution is -2.33. The average molecular weight is 282 g/mol. The summed E-state index contributed by atoms with van der Waals surface area (Å²) in [7, 11) is 3.54. The van der Waals surface area contributed by atoms with Gasteiger partial charge in [0.05, 0.1) is 11.9 Å². The van der Waals surface area contributed by atoms with Crippen molar-refractivity contribution in [2.75, 3.05) is 27.3 Å². The minimum absolute atomic E-state index is 0.0427. The Kier molecular flexibility index (Phi) is 7.55. The summed E-state index contributed by atoms with van der Waals surface area (Å²) >= 11 is 1.57. The molecule has 19 heavy (non-hydrogen) atoms. The number of methoxy groups -OCH3 is 1. The molecule has 4 nitrogen and oxygen atoms in total. The van der Waals surface area contributed by atoms with Crippen molar-refractivity contribution in [1.82, 2.24) is 10.6 Å². The zero-order valence-electron chi connectivity index (χ0n) is 11.7. The molecule has 1 unspecified atom stereocenters. The zero-order valence-corrected chi connectivity index (χ0v) is 12.5. The molecule has 0 saturated carbocycles. The molecule has 5 heteroatoms. The van der Waals surface area contributed by atoms with Crippen LogP contribution >= 0.6 is 11.8 Å². The molecule has 1 amide bonds. The van der Waals surface area contributed by atoms with E-state index in [0.29, 0.717) is 13.2 Å². The first-order valence-electron chi connectivity index (χ1n) is 6.34. The Balaban J connectivity index is 2.48. The highest BCUT2D eigenvalue weighted by atomic mass is 32.2. The van der Waals surface area contributed by atoms with E-state index in [1.54, 1.807) is 18.9 Å². The van der Waals surface area contributed by atoms with E-state index in [1.807, 2.05) is 26.1 Å². The first-order valence-corrected chi connectivity index (χ1v) is 7.22. The Hall–Kier alpha value is -1.04. The summed E-state index contributed by atoms with van der Waals surface area (Å²) in [5.74, 6) is 0.0427. The van der Waals surface area contributed by atoms with E-state index in [4.69, 9.17) is 4.74 Å². The molecule has 1 rings (SSSR count). The highest BCUT2D eigenvalue weighted by molar-refractivity contribution is 8.00. The SMILES string of the molecule is CNCc1cccc(SC(C)C(=O)NCCOC)c1. The summed E-state index contributed by atoms with van der Waals surface area (Å²) in [5.41, 5.74) is 1.22. The van der Waals surface area contributed by atoms with Gasteiger partial charge < -0.3 is 15.4 Å². The van der Waals surface area contributed by atoms with Crippen molar-refractivity contribution in [2.45, 2.75) is 23.6 Å². The van der Waals surface area contributed by atoms with E-state index in [0.717, 1.165) is 11.4 Å². The number of rotatable bonds is 8. The Morgan fingerprint density at radius 3 is 2.95 bits per heavy atom. The molecule has 0 aliphatic heterocycles. The molecule has 0 bridgehead atoms. The van der Waals surface area contributed by atoms with Gasteiger partial charge in [-0.2, -0.15) is 0 Å². The summed E-state index contributed by atoms with van der Waals surface area (Å²) < 4.78 is 4.90. The molecule has 0 aliphatic rings. The van der Waals surface area contributed by atoms with Crippen LogP contribution in [0.4, 0.5) is 0 Å². The molecule has 1 aromatic rings. The van der Waals surface area contributed by atoms with Crippen molar-refractivity contribution in [3.8, 4) is 0 Å². The predicted octanol–water partition coefficient (Wildman–Crippen LogP) is 1.65. The van der Waals surface area contributed by atoms with Crippen LogP contribution in [0.15, 0.2) is 29.2 Å². The third kappa shape index (κ3) is 6.09. The van der Waals surface area contributed by atoms with Crippen LogP contribution in [0, 0.1) is 0 Å². The lowest BCUT2D eigenvalue weighted by Gasteiger charge is -2.12. The number of hydrogen-bond acceptors (Lipinski definition) is 4. The fourth-order valence-corrected chi connectivity index (χ4v) is 2.59. The molecule has 0 aliphatic carbocycles. The second-order valence-electron chi connectivity index (χ2n) is 4.22. The molecule has 0 radical (unpaired) electrons. The summed E-state index contributed by atoms with van der Waals surface area (Å²) in [5, 5.41) is 5.86. The quantitative estimate of drug-likeness (QED) is 0.562. The van der Waals surface area contributed by atoms with Crippen molar-refractivity contribution in [2.24, 2.45) is 0 Å². The van der Waals surface area contributed by atoms with Crippen LogP contribution in [0.5, 0.6) is 0 Å². The Morgan fingerprint density at radius 2 is 2.26 bits per heavy atom. The number of thioether (sulfide) groups is 1. The minimum atomic E-state index is -0.110. The van der Waals surface area contributed by atoms with Gasteiger partial charge in [-0.1, -0.05) is 12.1 Å². The van der Waals surface area contributed by atoms with Crippen molar-refractivity contribution >= 4 is 17.7 Å². The first kappa shape index (κ1) is 16.0. The molecule has 0 fully saturated rings. The van der Waals surface area contributed by atoms with Crippen LogP contribution in [0.25, 0.3) is 0 Å². The zero-order chi connectivity index (χ0) is 14.1. The van der Waals surface area contributed by atoms with Crippen molar-refractivity contribution < 1.29 is 9.53 Å². The maximum Gasteiger partial charge on any atom is 0.233 e. The van der Waals surface area contributed by atoms with Crippen LogP contribution in [-0.2, 0) is 16.1 Å². The van der Waals surface area contributed by atoms with Crippen LogP contribution in [-0.4, -0.2) is 38.5 Å². The number of amides is 1. The van der Waals surface area contributed by atoms with Gasteiger partial charge in [-0.25, -0.2) is 0 Å². The van der Waals surface area contributed by atoms with Gasteiger partial charge >= 0.3 is 0 Å². The van der Waals surface area contributed by atoms with Gasteiger partial charge in [-0.3, -0.25) is 4.79 Å². The molecular formula is C14H22N2O2S. The van der Waals surface area contributed by atoms with Gasteiger partial charge in [0, 0.05) is 25.1 Å². The van der Waals surface area contributed by atoms with Gasteiger partial charge in [-0.15, -0.1) is 11.8 Å². The number of nitrogens with one attached hydrogen (secondary N) is 2. The summed E-state index contributed by atoms with van der Waals surface area (Å²) in [4.78, 5) is 12.9. The molecule has 106 valence electrons. The molecule has 0 saturated heterocycles. The molecule has 0 heterocycles. The van der Waals surface area contributed by atoms with Crippen molar-refractivity contribution in [1.29, 1.82) is 0 Å². The molecule has 2 N–H and O–H groups in total. The minimum Gasteiger partial charge on any atom is -0.383 e. The van der Waals surface area contributed by atoms with E-state index in [1.165, 1.54) is 5.56 Å². The topological polar surface area (TPSA) is 50.4 Å². The van der Waals surface area contributed by atoms with Crippen molar-refractivity contribution in [3.05, 3.63) is 29.8 Å². The fraction of sp³-hybridized carbons (Fsp3) is 0.500. The number of benzene rings is 1. The summed E-state index contributed by atoms with van der Waals surface area (Å²) in [6.07, 6.45) is 0. The monoisotopic (exact) mass is 282 g/mol. The number of ether oxygens (including phenoxy) is 1. The Morgan fingerprint density at radius 1 is 1.47 bits per heavy atom. The average Bonchev–Trinajstić information content (AvgIpc) is 2.39. The molecular weight excluding hydrogens is 260 g/mol. The van der Waals surface area contributed by atoms with E-state index in [9.17, 15) is 4.79 Å². The highest BCUT2D eigenvalue weighted by Gasteiger charge is 2.13. The van der Waals surface area contributed by atoms with E-state index in [2.05, 4.69) is 22.8 Å². The van der Waals surface area contributed by atoms with Gasteiger partial charge in [-0.05, 0) is 31.7 Å². The molecule has 0 aromatic heterocycles. The third-order valence-electron chi connectivity index (χ3n) is 2.57. The van der Waals surface area contributed by atoms with Crippen molar-refractivity contribution in [3.63, 3.8) is 0 Å². The van der Waals surface area contributed by atoms with Crippen LogP contribution in [0.3, 0.4) is 0 Å². The van der Waals surface area contributed by atoms with Gasteiger partial charge in [0.25, 0.3) is 0 Å². The normalized spacial score (nSPS) is 12.2. The standard InChI is InChI=1S/C14H22N2O2S/c1-11(14(17)16-7-8-18-3)19-13-6-4-5-12(9-13)10-15-2/h4-6,9,11,15H,7-8,10H2,1-3H3,(H,16,17). The maximum absolute atomic E-state index is 11.8. The van der Waals surface area contributed by atoms with Crippen LogP contribution in [0.1, 0.15) is 12.5 Å². The predicted molar refractivity (Wildman–Crippen MR) is 79.4 cm³/mol. The Bertz CT molecular complexity index is 399. The highest BCUT2D eigenvalue weighted by Crippen LogP contribution is 2.24. The molecule has 0 spiro atoms. The first-order chi connectivity index (χ1) is 9.17. The third-order valence-corrected chi connectivity index (χ3v) is 3.66. The Labute approximate surface area is 119 Å². The largest absolute Gasteiger partial charge is 0.383 e. The lowest BCUT2D eigenvalue weighted by atomic mass is 10.2.